The maximum atomic E-state index is 12.9. The van der Waals surface area contributed by atoms with Gasteiger partial charge in [0.15, 0.2) is 0 Å². The zero-order chi connectivity index (χ0) is 19.6. The molecular weight excluding hydrogens is 358 g/mol. The van der Waals surface area contributed by atoms with E-state index in [0.717, 1.165) is 25.8 Å². The van der Waals surface area contributed by atoms with Gasteiger partial charge in [-0.3, -0.25) is 9.69 Å². The van der Waals surface area contributed by atoms with Crippen LogP contribution in [0.2, 0.25) is 0 Å². The van der Waals surface area contributed by atoms with Crippen molar-refractivity contribution in [3.63, 3.8) is 0 Å². The molecule has 150 valence electrons. The number of carboxylic acid groups (broad SMARTS) is 1. The van der Waals surface area contributed by atoms with Crippen molar-refractivity contribution in [3.8, 4) is 0 Å². The molecule has 2 atom stereocenters. The van der Waals surface area contributed by atoms with Crippen LogP contribution in [0.4, 0.5) is 0 Å². The normalized spacial score (nSPS) is 24.7. The number of likely N-dealkylation sites (tertiary alicyclic amines) is 1. The zero-order valence-electron chi connectivity index (χ0n) is 16.1. The van der Waals surface area contributed by atoms with Crippen LogP contribution >= 0.6 is 0 Å². The summed E-state index contributed by atoms with van der Waals surface area (Å²) in [6.45, 7) is 4.54. The third kappa shape index (κ3) is 4.20. The van der Waals surface area contributed by atoms with Gasteiger partial charge in [0.2, 0.25) is 15.9 Å². The Morgan fingerprint density at radius 1 is 1.15 bits per heavy atom. The Bertz CT molecular complexity index is 630. The Morgan fingerprint density at radius 3 is 2.31 bits per heavy atom. The third-order valence-corrected chi connectivity index (χ3v) is 7.81. The van der Waals surface area contributed by atoms with Gasteiger partial charge in [0.05, 0.1) is 5.92 Å². The molecular formula is C17H31N3O5S. The van der Waals surface area contributed by atoms with E-state index in [9.17, 15) is 23.1 Å². The Labute approximate surface area is 156 Å². The second-order valence-corrected chi connectivity index (χ2v) is 9.91. The summed E-state index contributed by atoms with van der Waals surface area (Å²) in [5.41, 5.74) is 0. The molecule has 1 amide bonds. The van der Waals surface area contributed by atoms with E-state index < -0.39 is 33.3 Å². The van der Waals surface area contributed by atoms with Crippen LogP contribution in [0.3, 0.4) is 0 Å². The fraction of sp³-hybridized carbons (Fsp3) is 0.882. The molecule has 2 aliphatic rings. The maximum absolute atomic E-state index is 12.9. The van der Waals surface area contributed by atoms with Gasteiger partial charge in [-0.2, -0.15) is 4.31 Å². The predicted octanol–water partition coefficient (Wildman–Crippen LogP) is 0.648. The second kappa shape index (κ2) is 8.22. The fourth-order valence-corrected chi connectivity index (χ4v) is 6.04. The van der Waals surface area contributed by atoms with Crippen molar-refractivity contribution in [2.75, 3.05) is 33.7 Å². The molecule has 0 spiro atoms. The number of carbonyl (C=O) groups excluding carboxylic acids is 1. The average Bonchev–Trinajstić information content (AvgIpc) is 2.69. The first-order valence-electron chi connectivity index (χ1n) is 9.26. The minimum atomic E-state index is -3.47. The summed E-state index contributed by atoms with van der Waals surface area (Å²) in [5, 5.41) is 8.81. The number of carbonyl (C=O) groups is 2. The monoisotopic (exact) mass is 389 g/mol. The van der Waals surface area contributed by atoms with E-state index in [-0.39, 0.29) is 24.9 Å². The number of rotatable bonds is 6. The molecule has 2 fully saturated rings. The number of hydrogen-bond donors (Lipinski definition) is 1. The van der Waals surface area contributed by atoms with Crippen LogP contribution in [0, 0.1) is 11.8 Å². The number of aliphatic carboxylic acids is 1. The standard InChI is InChI=1S/C17H31N3O5S/c1-12(2)15(17(22)23)19(4)16(21)13-10-20(11-13)26(24,25)14-8-6-5-7-9-18(14)3/h12-15H,5-11H2,1-4H3,(H,22,23)/t14-,15?/m0/s1. The zero-order valence-corrected chi connectivity index (χ0v) is 16.9. The van der Waals surface area contributed by atoms with E-state index in [1.165, 1.54) is 16.3 Å². The van der Waals surface area contributed by atoms with Crippen LogP contribution in [-0.2, 0) is 19.6 Å². The van der Waals surface area contributed by atoms with Crippen LogP contribution < -0.4 is 0 Å². The summed E-state index contributed by atoms with van der Waals surface area (Å²) in [6.07, 6.45) is 3.54. The minimum Gasteiger partial charge on any atom is -0.480 e. The van der Waals surface area contributed by atoms with Gasteiger partial charge in [-0.15, -0.1) is 0 Å². The predicted molar refractivity (Wildman–Crippen MR) is 97.9 cm³/mol. The molecule has 2 heterocycles. The van der Waals surface area contributed by atoms with Crippen LogP contribution in [0.1, 0.15) is 39.5 Å². The quantitative estimate of drug-likeness (QED) is 0.716. The first-order valence-corrected chi connectivity index (χ1v) is 10.8. The van der Waals surface area contributed by atoms with E-state index >= 15 is 0 Å². The van der Waals surface area contributed by atoms with Gasteiger partial charge < -0.3 is 10.0 Å². The van der Waals surface area contributed by atoms with E-state index in [1.807, 2.05) is 11.9 Å². The molecule has 0 aromatic carbocycles. The molecule has 1 unspecified atom stereocenters. The molecule has 2 saturated heterocycles. The molecule has 2 aliphatic heterocycles. The largest absolute Gasteiger partial charge is 0.480 e. The van der Waals surface area contributed by atoms with Gasteiger partial charge in [0.25, 0.3) is 0 Å². The van der Waals surface area contributed by atoms with Gasteiger partial charge in [0.1, 0.15) is 11.4 Å². The number of nitrogens with zero attached hydrogens (tertiary/aromatic N) is 3. The molecule has 1 N–H and O–H groups in total. The van der Waals surface area contributed by atoms with Gasteiger partial charge in [-0.25, -0.2) is 13.2 Å². The lowest BCUT2D eigenvalue weighted by molar-refractivity contribution is -0.154. The summed E-state index contributed by atoms with van der Waals surface area (Å²) in [5.74, 6) is -2.03. The summed E-state index contributed by atoms with van der Waals surface area (Å²) < 4.78 is 27.1. The van der Waals surface area contributed by atoms with Crippen LogP contribution in [0.25, 0.3) is 0 Å². The Balaban J connectivity index is 2.00. The second-order valence-electron chi connectivity index (χ2n) is 7.82. The molecule has 0 bridgehead atoms. The molecule has 0 radical (unpaired) electrons. The van der Waals surface area contributed by atoms with E-state index in [2.05, 4.69) is 0 Å². The Kier molecular flexibility index (Phi) is 6.68. The van der Waals surface area contributed by atoms with Crippen LogP contribution in [0.5, 0.6) is 0 Å². The smallest absolute Gasteiger partial charge is 0.326 e. The lowest BCUT2D eigenvalue weighted by Crippen LogP contribution is -2.61. The van der Waals surface area contributed by atoms with Gasteiger partial charge in [0, 0.05) is 20.1 Å². The van der Waals surface area contributed by atoms with Crippen molar-refractivity contribution in [1.82, 2.24) is 14.1 Å². The average molecular weight is 390 g/mol. The molecule has 0 saturated carbocycles. The van der Waals surface area contributed by atoms with E-state index in [4.69, 9.17) is 0 Å². The van der Waals surface area contributed by atoms with Gasteiger partial charge >= 0.3 is 5.97 Å². The van der Waals surface area contributed by atoms with Gasteiger partial charge in [-0.1, -0.05) is 26.7 Å². The number of likely N-dealkylation sites (N-methyl/N-ethyl adjacent to an activating group) is 1. The highest BCUT2D eigenvalue weighted by Gasteiger charge is 2.46. The molecule has 26 heavy (non-hydrogen) atoms. The van der Waals surface area contributed by atoms with Gasteiger partial charge in [-0.05, 0) is 32.4 Å². The van der Waals surface area contributed by atoms with Crippen LogP contribution in [-0.4, -0.2) is 84.7 Å². The topological polar surface area (TPSA) is 98.2 Å². The van der Waals surface area contributed by atoms with Crippen molar-refractivity contribution in [1.29, 1.82) is 0 Å². The van der Waals surface area contributed by atoms with Crippen molar-refractivity contribution < 1.29 is 23.1 Å². The highest BCUT2D eigenvalue weighted by molar-refractivity contribution is 7.89. The van der Waals surface area contributed by atoms with Crippen molar-refractivity contribution in [3.05, 3.63) is 0 Å². The Morgan fingerprint density at radius 2 is 1.77 bits per heavy atom. The van der Waals surface area contributed by atoms with Crippen molar-refractivity contribution in [2.45, 2.75) is 50.9 Å². The lowest BCUT2D eigenvalue weighted by atomic mass is 9.97. The number of sulfonamides is 1. The SMILES string of the molecule is CC(C)C(C(=O)O)N(C)C(=O)C1CN(S(=O)(=O)[C@H]2CCCCCN2C)C1. The number of hydrogen-bond acceptors (Lipinski definition) is 5. The minimum absolute atomic E-state index is 0.139. The third-order valence-electron chi connectivity index (χ3n) is 5.50. The molecule has 8 nitrogen and oxygen atoms in total. The van der Waals surface area contributed by atoms with E-state index in [1.54, 1.807) is 13.8 Å². The first kappa shape index (κ1) is 21.1. The highest BCUT2D eigenvalue weighted by atomic mass is 32.2. The van der Waals surface area contributed by atoms with E-state index in [0.29, 0.717) is 6.42 Å². The maximum Gasteiger partial charge on any atom is 0.326 e. The molecule has 2 rings (SSSR count). The summed E-state index contributed by atoms with van der Waals surface area (Å²) in [4.78, 5) is 27.1. The number of carboxylic acids is 1. The summed E-state index contributed by atoms with van der Waals surface area (Å²) in [7, 11) is -0.150. The van der Waals surface area contributed by atoms with Crippen molar-refractivity contribution >= 4 is 21.9 Å². The summed E-state index contributed by atoms with van der Waals surface area (Å²) in [6, 6.07) is -0.902. The first-order chi connectivity index (χ1) is 12.1. The highest BCUT2D eigenvalue weighted by Crippen LogP contribution is 2.29. The number of amides is 1. The fourth-order valence-electron chi connectivity index (χ4n) is 3.89. The molecule has 0 aromatic rings. The molecule has 9 heteroatoms. The van der Waals surface area contributed by atoms with Crippen LogP contribution in [0.15, 0.2) is 0 Å². The molecule has 0 aliphatic carbocycles. The molecule has 0 aromatic heterocycles. The lowest BCUT2D eigenvalue weighted by Gasteiger charge is -2.42. The summed E-state index contributed by atoms with van der Waals surface area (Å²) >= 11 is 0. The van der Waals surface area contributed by atoms with Crippen molar-refractivity contribution in [2.24, 2.45) is 11.8 Å². The Hall–Kier alpha value is -1.19.